The molecule has 2 heterocycles. The van der Waals surface area contributed by atoms with E-state index in [2.05, 4.69) is 55.0 Å². The Morgan fingerprint density at radius 1 is 0.810 bits per heavy atom. The third-order valence-corrected chi connectivity index (χ3v) is 11.8. The maximum Gasteiger partial charge on any atom is 0.286 e. The number of carbonyl (C=O) groups excluding carboxylic acids is 2. The van der Waals surface area contributed by atoms with E-state index in [-0.39, 0.29) is 49.8 Å². The molecule has 11 nitrogen and oxygen atoms in total. The van der Waals surface area contributed by atoms with Gasteiger partial charge in [-0.15, -0.1) is 4.40 Å². The number of para-hydroxylation sites is 2. The van der Waals surface area contributed by atoms with Gasteiger partial charge >= 0.3 is 0 Å². The molecule has 3 N–H and O–H groups in total. The zero-order chi connectivity index (χ0) is 41.3. The van der Waals surface area contributed by atoms with Crippen LogP contribution in [0, 0.1) is 5.41 Å². The van der Waals surface area contributed by atoms with Crippen LogP contribution < -0.4 is 26.2 Å². The van der Waals surface area contributed by atoms with Crippen LogP contribution in [-0.2, 0) is 27.3 Å². The van der Waals surface area contributed by atoms with Gasteiger partial charge in [-0.05, 0) is 64.8 Å². The standard InChI is InChI=1S/C46H43N5O6S/c1-26(52)47-32-18-13-19-35-40(32)49-43(50-58(35,55)56)39-36-30-16-11-12-17-31(30)42(53)37-33(48-28-14-9-8-10-15-28)24-34(41(38(36)37)51(7)44(39)54)57-29-22-20-27(21-23-29)46(5,6)25-45(2,3)4/h8-24,48H,25H2,1-7H3,(H,47,52)(H,49,50). The highest BCUT2D eigenvalue weighted by Crippen LogP contribution is 2.48. The van der Waals surface area contributed by atoms with Crippen molar-refractivity contribution in [2.75, 3.05) is 16.0 Å². The Labute approximate surface area is 336 Å². The molecule has 12 heteroatoms. The summed E-state index contributed by atoms with van der Waals surface area (Å²) < 4.78 is 40.0. The molecule has 0 saturated heterocycles. The van der Waals surface area contributed by atoms with Gasteiger partial charge in [0.05, 0.1) is 33.7 Å². The largest absolute Gasteiger partial charge is 0.455 e. The minimum absolute atomic E-state index is 0.0649. The topological polar surface area (TPSA) is 148 Å². The van der Waals surface area contributed by atoms with Crippen molar-refractivity contribution in [1.82, 2.24) is 4.57 Å². The summed E-state index contributed by atoms with van der Waals surface area (Å²) in [4.78, 5) is 41.7. The van der Waals surface area contributed by atoms with Crippen LogP contribution >= 0.6 is 0 Å². The summed E-state index contributed by atoms with van der Waals surface area (Å²) in [6.07, 6.45) is 0.963. The van der Waals surface area contributed by atoms with Gasteiger partial charge in [-0.25, -0.2) is 0 Å². The number of nitrogens with zero attached hydrogens (tertiary/aromatic N) is 2. The van der Waals surface area contributed by atoms with Crippen LogP contribution in [0.3, 0.4) is 0 Å². The van der Waals surface area contributed by atoms with Gasteiger partial charge in [0.1, 0.15) is 10.6 Å². The van der Waals surface area contributed by atoms with Crippen LogP contribution in [0.15, 0.2) is 117 Å². The zero-order valence-electron chi connectivity index (χ0n) is 33.3. The quantitative estimate of drug-likeness (QED) is 0.138. The predicted octanol–water partition coefficient (Wildman–Crippen LogP) is 9.52. The number of carbonyl (C=O) groups is 2. The van der Waals surface area contributed by atoms with E-state index in [9.17, 15) is 22.8 Å². The Kier molecular flexibility index (Phi) is 9.15. The summed E-state index contributed by atoms with van der Waals surface area (Å²) in [5, 5.41) is 9.57. The summed E-state index contributed by atoms with van der Waals surface area (Å²) in [6.45, 7) is 12.4. The molecule has 0 spiro atoms. The molecule has 1 aromatic heterocycles. The first kappa shape index (κ1) is 38.3. The van der Waals surface area contributed by atoms with Crippen molar-refractivity contribution >= 4 is 61.2 Å². The molecule has 1 amide bonds. The molecule has 1 aliphatic heterocycles. The minimum Gasteiger partial charge on any atom is -0.455 e. The number of benzene rings is 5. The van der Waals surface area contributed by atoms with E-state index in [0.29, 0.717) is 50.5 Å². The number of anilines is 4. The monoisotopic (exact) mass is 793 g/mol. The zero-order valence-corrected chi connectivity index (χ0v) is 34.1. The molecule has 294 valence electrons. The molecule has 0 atom stereocenters. The summed E-state index contributed by atoms with van der Waals surface area (Å²) in [5.74, 6) is -0.154. The van der Waals surface area contributed by atoms with E-state index in [1.165, 1.54) is 23.6 Å². The van der Waals surface area contributed by atoms with Crippen LogP contribution in [-0.4, -0.2) is 30.5 Å². The lowest BCUT2D eigenvalue weighted by atomic mass is 9.72. The fourth-order valence-electron chi connectivity index (χ4n) is 8.45. The van der Waals surface area contributed by atoms with Gasteiger partial charge in [-0.1, -0.05) is 95.3 Å². The van der Waals surface area contributed by atoms with Crippen molar-refractivity contribution in [3.63, 3.8) is 0 Å². The molecule has 2 aliphatic rings. The van der Waals surface area contributed by atoms with E-state index in [1.54, 1.807) is 43.4 Å². The number of ether oxygens (including phenoxy) is 1. The van der Waals surface area contributed by atoms with Gasteiger partial charge in [0.25, 0.3) is 15.6 Å². The summed E-state index contributed by atoms with van der Waals surface area (Å²) in [5.41, 5.74) is 3.55. The molecule has 58 heavy (non-hydrogen) atoms. The fourth-order valence-corrected chi connectivity index (χ4v) is 9.60. The average Bonchev–Trinajstić information content (AvgIpc) is 3.15. The van der Waals surface area contributed by atoms with Gasteiger partial charge in [-0.2, -0.15) is 8.42 Å². The number of hydrogen-bond acceptors (Lipinski definition) is 8. The SMILES string of the molecule is CC(=O)Nc1cccc2c1NC(c1c3c4c(c(Nc5ccccc5)cc(Oc5ccc(C(C)(C)CC(C)(C)C)cc5)c4n(C)c1=O)C(=O)c1ccccc1-3)=NS2(=O)=O. The van der Waals surface area contributed by atoms with E-state index in [0.717, 1.165) is 12.0 Å². The number of aryl methyl sites for hydroxylation is 1. The second kappa shape index (κ2) is 13.8. The first-order valence-corrected chi connectivity index (χ1v) is 20.4. The van der Waals surface area contributed by atoms with Gasteiger partial charge in [0.2, 0.25) is 5.91 Å². The van der Waals surface area contributed by atoms with Crippen LogP contribution in [0.5, 0.6) is 11.5 Å². The van der Waals surface area contributed by atoms with E-state index in [1.807, 2.05) is 54.6 Å². The molecular formula is C46H43N5O6S. The number of nitrogens with one attached hydrogen (secondary N) is 3. The molecule has 5 aromatic carbocycles. The second-order valence-corrected chi connectivity index (χ2v) is 18.2. The maximum atomic E-state index is 14.9. The predicted molar refractivity (Wildman–Crippen MR) is 229 cm³/mol. The number of pyridine rings is 1. The van der Waals surface area contributed by atoms with Crippen molar-refractivity contribution in [2.45, 2.75) is 58.3 Å². The van der Waals surface area contributed by atoms with Crippen LogP contribution in [0.2, 0.25) is 0 Å². The Hall–Kier alpha value is -6.53. The third-order valence-electron chi connectivity index (χ3n) is 10.5. The summed E-state index contributed by atoms with van der Waals surface area (Å²) in [6, 6.07) is 30.4. The van der Waals surface area contributed by atoms with E-state index >= 15 is 0 Å². The number of amidine groups is 1. The fraction of sp³-hybridized carbons (Fsp3) is 0.217. The smallest absolute Gasteiger partial charge is 0.286 e. The summed E-state index contributed by atoms with van der Waals surface area (Å²) in [7, 11) is -2.83. The Balaban J connectivity index is 1.41. The van der Waals surface area contributed by atoms with Crippen molar-refractivity contribution in [3.8, 4) is 22.6 Å². The lowest BCUT2D eigenvalue weighted by molar-refractivity contribution is -0.114. The molecule has 0 saturated carbocycles. The number of amides is 1. The Bertz CT molecular complexity index is 2910. The van der Waals surface area contributed by atoms with Gasteiger partial charge in [0, 0.05) is 42.2 Å². The lowest BCUT2D eigenvalue weighted by Crippen LogP contribution is -2.34. The van der Waals surface area contributed by atoms with Crippen molar-refractivity contribution in [3.05, 3.63) is 136 Å². The molecule has 0 radical (unpaired) electrons. The lowest BCUT2D eigenvalue weighted by Gasteiger charge is -2.33. The second-order valence-electron chi connectivity index (χ2n) is 16.6. The van der Waals surface area contributed by atoms with E-state index in [4.69, 9.17) is 4.74 Å². The Morgan fingerprint density at radius 2 is 1.48 bits per heavy atom. The summed E-state index contributed by atoms with van der Waals surface area (Å²) >= 11 is 0. The number of sulfonamides is 1. The molecule has 8 rings (SSSR count). The number of hydrogen-bond donors (Lipinski definition) is 3. The van der Waals surface area contributed by atoms with Crippen molar-refractivity contribution < 1.29 is 22.7 Å². The molecule has 0 unspecified atom stereocenters. The van der Waals surface area contributed by atoms with Crippen LogP contribution in [0.4, 0.5) is 22.7 Å². The highest BCUT2D eigenvalue weighted by atomic mass is 32.2. The highest BCUT2D eigenvalue weighted by Gasteiger charge is 2.38. The first-order chi connectivity index (χ1) is 27.4. The number of ketones is 1. The molecular weight excluding hydrogens is 751 g/mol. The normalized spacial score (nSPS) is 14.2. The number of fused-ring (bicyclic) bond motifs is 3. The first-order valence-electron chi connectivity index (χ1n) is 18.9. The number of rotatable bonds is 8. The number of aromatic nitrogens is 1. The molecule has 6 aromatic rings. The minimum atomic E-state index is -4.39. The molecule has 0 bridgehead atoms. The van der Waals surface area contributed by atoms with Crippen molar-refractivity contribution in [1.29, 1.82) is 0 Å². The molecule has 1 aliphatic carbocycles. The average molecular weight is 794 g/mol. The van der Waals surface area contributed by atoms with E-state index < -0.39 is 21.5 Å². The van der Waals surface area contributed by atoms with Crippen LogP contribution in [0.25, 0.3) is 22.0 Å². The van der Waals surface area contributed by atoms with Crippen LogP contribution in [0.1, 0.15) is 75.0 Å². The van der Waals surface area contributed by atoms with Gasteiger partial charge in [0.15, 0.2) is 17.4 Å². The van der Waals surface area contributed by atoms with Gasteiger partial charge < -0.3 is 25.3 Å². The Morgan fingerprint density at radius 3 is 2.16 bits per heavy atom. The maximum absolute atomic E-state index is 14.9. The van der Waals surface area contributed by atoms with Crippen molar-refractivity contribution in [2.24, 2.45) is 16.9 Å². The highest BCUT2D eigenvalue weighted by molar-refractivity contribution is 7.90. The third kappa shape index (κ3) is 6.72. The van der Waals surface area contributed by atoms with Gasteiger partial charge in [-0.3, -0.25) is 14.4 Å². The molecule has 0 fully saturated rings.